The van der Waals surface area contributed by atoms with E-state index in [0.29, 0.717) is 13.2 Å². The molecule has 1 N–H and O–H groups in total. The minimum atomic E-state index is -0.368. The maximum atomic E-state index is 9.39. The molecule has 0 bridgehead atoms. The molecule has 4 heteroatoms. The molecule has 1 unspecified atom stereocenters. The molecule has 4 nitrogen and oxygen atoms in total. The summed E-state index contributed by atoms with van der Waals surface area (Å²) in [7, 11) is 1.60. The fourth-order valence-corrected chi connectivity index (χ4v) is 1.33. The molecular formula is C8H17NO3. The molecule has 0 aromatic heterocycles. The van der Waals surface area contributed by atoms with Crippen LogP contribution in [0.15, 0.2) is 0 Å². The monoisotopic (exact) mass is 175 g/mol. The van der Waals surface area contributed by atoms with E-state index in [-0.39, 0.29) is 6.10 Å². The van der Waals surface area contributed by atoms with E-state index < -0.39 is 0 Å². The van der Waals surface area contributed by atoms with Crippen molar-refractivity contribution in [3.05, 3.63) is 0 Å². The summed E-state index contributed by atoms with van der Waals surface area (Å²) in [5.74, 6) is 0. The van der Waals surface area contributed by atoms with Crippen LogP contribution in [0.2, 0.25) is 0 Å². The highest BCUT2D eigenvalue weighted by Crippen LogP contribution is 1.98. The predicted octanol–water partition coefficient (Wildman–Crippen LogP) is -0.674. The van der Waals surface area contributed by atoms with Crippen LogP contribution < -0.4 is 0 Å². The smallest absolute Gasteiger partial charge is 0.0900 e. The molecule has 72 valence electrons. The largest absolute Gasteiger partial charge is 0.389 e. The van der Waals surface area contributed by atoms with Crippen LogP contribution in [0, 0.1) is 0 Å². The SMILES string of the molecule is COCC(O)CN1CCOCC1. The van der Waals surface area contributed by atoms with Gasteiger partial charge in [-0.3, -0.25) is 4.90 Å². The Labute approximate surface area is 73.1 Å². The molecule has 0 saturated carbocycles. The van der Waals surface area contributed by atoms with Gasteiger partial charge in [-0.05, 0) is 0 Å². The normalized spacial score (nSPS) is 22.5. The van der Waals surface area contributed by atoms with Crippen molar-refractivity contribution >= 4 is 0 Å². The van der Waals surface area contributed by atoms with Crippen molar-refractivity contribution in [3.63, 3.8) is 0 Å². The molecule has 1 saturated heterocycles. The second-order valence-corrected chi connectivity index (χ2v) is 3.02. The fraction of sp³-hybridized carbons (Fsp3) is 1.00. The second-order valence-electron chi connectivity index (χ2n) is 3.02. The highest BCUT2D eigenvalue weighted by Gasteiger charge is 2.13. The molecule has 0 aromatic carbocycles. The molecule has 1 aliphatic heterocycles. The maximum Gasteiger partial charge on any atom is 0.0900 e. The molecule has 0 spiro atoms. The molecule has 0 aliphatic carbocycles. The zero-order chi connectivity index (χ0) is 8.81. The van der Waals surface area contributed by atoms with Gasteiger partial charge in [-0.2, -0.15) is 0 Å². The minimum Gasteiger partial charge on any atom is -0.389 e. The van der Waals surface area contributed by atoms with Gasteiger partial charge in [-0.15, -0.1) is 0 Å². The first-order valence-electron chi connectivity index (χ1n) is 4.30. The lowest BCUT2D eigenvalue weighted by Crippen LogP contribution is -2.42. The summed E-state index contributed by atoms with van der Waals surface area (Å²) >= 11 is 0. The highest BCUT2D eigenvalue weighted by molar-refractivity contribution is 4.66. The van der Waals surface area contributed by atoms with Crippen molar-refractivity contribution in [2.75, 3.05) is 46.6 Å². The van der Waals surface area contributed by atoms with Crippen LogP contribution in [0.25, 0.3) is 0 Å². The number of hydrogen-bond donors (Lipinski definition) is 1. The number of morpholine rings is 1. The Balaban J connectivity index is 2.11. The summed E-state index contributed by atoms with van der Waals surface area (Å²) < 4.78 is 10.0. The summed E-state index contributed by atoms with van der Waals surface area (Å²) in [4.78, 5) is 2.19. The first kappa shape index (κ1) is 9.92. The zero-order valence-corrected chi connectivity index (χ0v) is 7.53. The summed E-state index contributed by atoms with van der Waals surface area (Å²) in [5.41, 5.74) is 0. The predicted molar refractivity (Wildman–Crippen MR) is 45.1 cm³/mol. The van der Waals surface area contributed by atoms with E-state index in [2.05, 4.69) is 4.90 Å². The Morgan fingerprint density at radius 2 is 2.17 bits per heavy atom. The lowest BCUT2D eigenvalue weighted by molar-refractivity contribution is -0.00525. The quantitative estimate of drug-likeness (QED) is 0.615. The number of methoxy groups -OCH3 is 1. The molecule has 0 amide bonds. The van der Waals surface area contributed by atoms with Crippen molar-refractivity contribution in [1.82, 2.24) is 4.90 Å². The van der Waals surface area contributed by atoms with Crippen molar-refractivity contribution in [2.24, 2.45) is 0 Å². The van der Waals surface area contributed by atoms with Crippen molar-refractivity contribution in [3.8, 4) is 0 Å². The molecule has 1 atom stereocenters. The van der Waals surface area contributed by atoms with Crippen molar-refractivity contribution in [2.45, 2.75) is 6.10 Å². The van der Waals surface area contributed by atoms with E-state index in [4.69, 9.17) is 9.47 Å². The van der Waals surface area contributed by atoms with E-state index in [1.165, 1.54) is 0 Å². The molecule has 1 rings (SSSR count). The number of ether oxygens (including phenoxy) is 2. The topological polar surface area (TPSA) is 41.9 Å². The third-order valence-electron chi connectivity index (χ3n) is 1.93. The molecule has 0 radical (unpaired) electrons. The molecular weight excluding hydrogens is 158 g/mol. The average Bonchev–Trinajstić information content (AvgIpc) is 2.06. The van der Waals surface area contributed by atoms with Crippen molar-refractivity contribution in [1.29, 1.82) is 0 Å². The summed E-state index contributed by atoms with van der Waals surface area (Å²) in [6.45, 7) is 4.50. The van der Waals surface area contributed by atoms with Gasteiger partial charge in [-0.25, -0.2) is 0 Å². The Morgan fingerprint density at radius 3 is 2.75 bits per heavy atom. The number of aliphatic hydroxyl groups excluding tert-OH is 1. The first-order chi connectivity index (χ1) is 5.83. The Hall–Kier alpha value is -0.160. The Morgan fingerprint density at radius 1 is 1.50 bits per heavy atom. The summed E-state index contributed by atoms with van der Waals surface area (Å²) in [6.07, 6.45) is -0.368. The minimum absolute atomic E-state index is 0.368. The molecule has 12 heavy (non-hydrogen) atoms. The first-order valence-corrected chi connectivity index (χ1v) is 4.30. The van der Waals surface area contributed by atoms with Gasteiger partial charge < -0.3 is 14.6 Å². The second kappa shape index (κ2) is 5.48. The number of aliphatic hydroxyl groups is 1. The summed E-state index contributed by atoms with van der Waals surface area (Å²) in [5, 5.41) is 9.39. The summed E-state index contributed by atoms with van der Waals surface area (Å²) in [6, 6.07) is 0. The highest BCUT2D eigenvalue weighted by atomic mass is 16.5. The number of hydrogen-bond acceptors (Lipinski definition) is 4. The Kier molecular flexibility index (Phi) is 4.53. The van der Waals surface area contributed by atoms with E-state index in [1.807, 2.05) is 0 Å². The van der Waals surface area contributed by atoms with E-state index in [1.54, 1.807) is 7.11 Å². The molecule has 1 fully saturated rings. The van der Waals surface area contributed by atoms with Crippen LogP contribution in [0.5, 0.6) is 0 Å². The third kappa shape index (κ3) is 3.49. The van der Waals surface area contributed by atoms with Crippen LogP contribution in [-0.2, 0) is 9.47 Å². The van der Waals surface area contributed by atoms with Crippen LogP contribution in [0.4, 0.5) is 0 Å². The molecule has 0 aromatic rings. The van der Waals surface area contributed by atoms with Gasteiger partial charge in [0.05, 0.1) is 25.9 Å². The standard InChI is InChI=1S/C8H17NO3/c1-11-7-8(10)6-9-2-4-12-5-3-9/h8,10H,2-7H2,1H3. The maximum absolute atomic E-state index is 9.39. The zero-order valence-electron chi connectivity index (χ0n) is 7.53. The average molecular weight is 175 g/mol. The van der Waals surface area contributed by atoms with Gasteiger partial charge in [0.25, 0.3) is 0 Å². The fourth-order valence-electron chi connectivity index (χ4n) is 1.33. The third-order valence-corrected chi connectivity index (χ3v) is 1.93. The van der Waals surface area contributed by atoms with Gasteiger partial charge in [0, 0.05) is 26.7 Å². The van der Waals surface area contributed by atoms with Gasteiger partial charge in [0.2, 0.25) is 0 Å². The van der Waals surface area contributed by atoms with Crippen LogP contribution >= 0.6 is 0 Å². The number of β-amino-alcohol motifs (C(OH)–C–C–N with tert-alkyl or cyclic N) is 1. The lowest BCUT2D eigenvalue weighted by atomic mass is 10.3. The number of nitrogens with zero attached hydrogens (tertiary/aromatic N) is 1. The molecule has 1 heterocycles. The van der Waals surface area contributed by atoms with Crippen LogP contribution in [0.3, 0.4) is 0 Å². The van der Waals surface area contributed by atoms with E-state index in [0.717, 1.165) is 26.3 Å². The molecule has 1 aliphatic rings. The van der Waals surface area contributed by atoms with E-state index >= 15 is 0 Å². The number of rotatable bonds is 4. The van der Waals surface area contributed by atoms with Gasteiger partial charge in [0.15, 0.2) is 0 Å². The van der Waals surface area contributed by atoms with Gasteiger partial charge in [0.1, 0.15) is 0 Å². The van der Waals surface area contributed by atoms with Gasteiger partial charge >= 0.3 is 0 Å². The van der Waals surface area contributed by atoms with Crippen LogP contribution in [0.1, 0.15) is 0 Å². The lowest BCUT2D eigenvalue weighted by Gasteiger charge is -2.28. The van der Waals surface area contributed by atoms with Crippen molar-refractivity contribution < 1.29 is 14.6 Å². The Bertz CT molecular complexity index is 115. The van der Waals surface area contributed by atoms with Crippen LogP contribution in [-0.4, -0.2) is 62.7 Å². The van der Waals surface area contributed by atoms with Gasteiger partial charge in [-0.1, -0.05) is 0 Å². The van der Waals surface area contributed by atoms with E-state index in [9.17, 15) is 5.11 Å².